The molecule has 0 unspecified atom stereocenters. The topological polar surface area (TPSA) is 8.17 Å². The van der Waals surface area contributed by atoms with Crippen molar-refractivity contribution in [1.82, 2.24) is 4.57 Å². The van der Waals surface area contributed by atoms with Gasteiger partial charge in [0.2, 0.25) is 0 Å². The summed E-state index contributed by atoms with van der Waals surface area (Å²) < 4.78 is 2.36. The van der Waals surface area contributed by atoms with Crippen molar-refractivity contribution < 1.29 is 0 Å². The zero-order valence-corrected chi connectivity index (χ0v) is 31.3. The zero-order valence-electron chi connectivity index (χ0n) is 31.3. The van der Waals surface area contributed by atoms with Gasteiger partial charge in [-0.05, 0) is 111 Å². The molecule has 0 saturated heterocycles. The number of rotatable bonds is 8. The van der Waals surface area contributed by atoms with Gasteiger partial charge in [0.05, 0.1) is 10.9 Å². The van der Waals surface area contributed by atoms with Crippen LogP contribution in [0, 0.1) is 6.92 Å². The lowest BCUT2D eigenvalue weighted by Crippen LogP contribution is -2.28. The van der Waals surface area contributed by atoms with E-state index < -0.39 is 5.41 Å². The molecule has 1 heterocycles. The van der Waals surface area contributed by atoms with E-state index in [9.17, 15) is 0 Å². The molecular weight excluding hydrogens is 677 g/mol. The zero-order chi connectivity index (χ0) is 37.6. The van der Waals surface area contributed by atoms with Crippen LogP contribution in [0.4, 0.5) is 11.4 Å². The number of anilines is 2. The summed E-state index contributed by atoms with van der Waals surface area (Å²) in [6.45, 7) is 7.02. The first-order valence-electron chi connectivity index (χ1n) is 19.3. The highest BCUT2D eigenvalue weighted by Gasteiger charge is 2.46. The van der Waals surface area contributed by atoms with E-state index in [0.29, 0.717) is 0 Å². The SMILES string of the molecule is C=C(/C=C\c1c(C)c2ccccc2n1-c1ccccc1)N(c1ccc2c(c1)C(c1ccccc1)(c1ccccc1)c1ccccc1-2)c1ccc2ccccc2c1. The van der Waals surface area contributed by atoms with Crippen LogP contribution in [0.5, 0.6) is 0 Å². The van der Waals surface area contributed by atoms with Crippen LogP contribution in [-0.4, -0.2) is 4.57 Å². The molecule has 0 aliphatic heterocycles. The Hall–Kier alpha value is -7.16. The summed E-state index contributed by atoms with van der Waals surface area (Å²) in [5.74, 6) is 0. The summed E-state index contributed by atoms with van der Waals surface area (Å²) in [6.07, 6.45) is 4.42. The number of nitrogens with zero attached hydrogens (tertiary/aromatic N) is 2. The van der Waals surface area contributed by atoms with Gasteiger partial charge >= 0.3 is 0 Å². The van der Waals surface area contributed by atoms with Crippen LogP contribution in [0.3, 0.4) is 0 Å². The number of aryl methyl sites for hydroxylation is 1. The highest BCUT2D eigenvalue weighted by molar-refractivity contribution is 5.92. The third kappa shape index (κ3) is 5.26. The van der Waals surface area contributed by atoms with Crippen LogP contribution in [0.15, 0.2) is 219 Å². The molecule has 8 aromatic carbocycles. The van der Waals surface area contributed by atoms with Gasteiger partial charge < -0.3 is 9.47 Å². The predicted molar refractivity (Wildman–Crippen MR) is 236 cm³/mol. The van der Waals surface area contributed by atoms with Gasteiger partial charge in [0, 0.05) is 33.8 Å². The van der Waals surface area contributed by atoms with Gasteiger partial charge in [0.25, 0.3) is 0 Å². The van der Waals surface area contributed by atoms with E-state index in [2.05, 4.69) is 229 Å². The molecular formula is C54H40N2. The maximum Gasteiger partial charge on any atom is 0.0714 e. The number of benzene rings is 8. The summed E-state index contributed by atoms with van der Waals surface area (Å²) in [5.41, 5.74) is 14.7. The fourth-order valence-corrected chi connectivity index (χ4v) is 9.09. The van der Waals surface area contributed by atoms with Crippen molar-refractivity contribution in [1.29, 1.82) is 0 Å². The summed E-state index contributed by atoms with van der Waals surface area (Å²) in [4.78, 5) is 2.32. The second kappa shape index (κ2) is 13.6. The lowest BCUT2D eigenvalue weighted by molar-refractivity contribution is 0.768. The van der Waals surface area contributed by atoms with E-state index in [0.717, 1.165) is 28.5 Å². The van der Waals surface area contributed by atoms with Crippen molar-refractivity contribution in [2.45, 2.75) is 12.3 Å². The maximum absolute atomic E-state index is 4.80. The highest BCUT2D eigenvalue weighted by atomic mass is 15.1. The number of fused-ring (bicyclic) bond motifs is 5. The summed E-state index contributed by atoms with van der Waals surface area (Å²) in [5, 5.41) is 3.63. The Balaban J connectivity index is 1.18. The van der Waals surface area contributed by atoms with E-state index in [1.54, 1.807) is 0 Å². The van der Waals surface area contributed by atoms with Crippen LogP contribution in [0.25, 0.3) is 44.6 Å². The number of para-hydroxylation sites is 2. The van der Waals surface area contributed by atoms with E-state index in [4.69, 9.17) is 6.58 Å². The van der Waals surface area contributed by atoms with Crippen LogP contribution >= 0.6 is 0 Å². The maximum atomic E-state index is 4.80. The molecule has 1 aliphatic carbocycles. The fraction of sp³-hybridized carbons (Fsp3) is 0.0370. The number of allylic oxidation sites excluding steroid dienone is 1. The number of hydrogen-bond donors (Lipinski definition) is 0. The number of hydrogen-bond acceptors (Lipinski definition) is 1. The van der Waals surface area contributed by atoms with E-state index in [-0.39, 0.29) is 0 Å². The molecule has 10 rings (SSSR count). The van der Waals surface area contributed by atoms with Crippen molar-refractivity contribution in [3.63, 3.8) is 0 Å². The van der Waals surface area contributed by atoms with Gasteiger partial charge in [-0.2, -0.15) is 0 Å². The molecule has 2 nitrogen and oxygen atoms in total. The Morgan fingerprint density at radius 1 is 0.536 bits per heavy atom. The predicted octanol–water partition coefficient (Wildman–Crippen LogP) is 13.8. The second-order valence-electron chi connectivity index (χ2n) is 14.6. The molecule has 1 aromatic heterocycles. The minimum Gasteiger partial charge on any atom is -0.311 e. The standard InChI is InChI=1S/C54H40N2/c1-38(30-35-52-39(2)47-26-15-17-29-53(47)56(52)44-24-10-5-11-25-44)55(45-32-31-40-18-12-13-19-41(40)36-45)46-33-34-49-48-27-14-16-28-50(48)54(51(49)37-46,42-20-6-3-7-21-42)43-22-8-4-9-23-43/h3-37H,1H2,2H3/b35-30-. The molecule has 1 aliphatic rings. The highest BCUT2D eigenvalue weighted by Crippen LogP contribution is 2.57. The lowest BCUT2D eigenvalue weighted by Gasteiger charge is -2.35. The molecule has 9 aromatic rings. The van der Waals surface area contributed by atoms with Gasteiger partial charge in [-0.15, -0.1) is 0 Å². The molecule has 266 valence electrons. The van der Waals surface area contributed by atoms with Gasteiger partial charge in [-0.25, -0.2) is 0 Å². The molecule has 0 N–H and O–H groups in total. The Morgan fingerprint density at radius 2 is 1.11 bits per heavy atom. The smallest absolute Gasteiger partial charge is 0.0714 e. The quantitative estimate of drug-likeness (QED) is 0.142. The molecule has 56 heavy (non-hydrogen) atoms. The fourth-order valence-electron chi connectivity index (χ4n) is 9.09. The molecule has 0 spiro atoms. The van der Waals surface area contributed by atoms with Crippen LogP contribution in [-0.2, 0) is 5.41 Å². The largest absolute Gasteiger partial charge is 0.311 e. The molecule has 0 atom stereocenters. The van der Waals surface area contributed by atoms with E-state index >= 15 is 0 Å². The van der Waals surface area contributed by atoms with Crippen LogP contribution < -0.4 is 4.90 Å². The molecule has 2 heteroatoms. The lowest BCUT2D eigenvalue weighted by atomic mass is 9.67. The molecule has 0 bridgehead atoms. The molecule has 0 radical (unpaired) electrons. The first kappa shape index (κ1) is 33.4. The Bertz CT molecular complexity index is 2900. The molecule has 0 fully saturated rings. The Kier molecular flexibility index (Phi) is 8.12. The monoisotopic (exact) mass is 716 g/mol. The van der Waals surface area contributed by atoms with Gasteiger partial charge in [0.1, 0.15) is 0 Å². The van der Waals surface area contributed by atoms with Gasteiger partial charge in [-0.1, -0.05) is 164 Å². The average molecular weight is 717 g/mol. The van der Waals surface area contributed by atoms with Crippen LogP contribution in [0.2, 0.25) is 0 Å². The van der Waals surface area contributed by atoms with Crippen molar-refractivity contribution in [3.05, 3.63) is 252 Å². The first-order chi connectivity index (χ1) is 27.6. The first-order valence-corrected chi connectivity index (χ1v) is 19.3. The molecule has 0 saturated carbocycles. The minimum atomic E-state index is -0.510. The summed E-state index contributed by atoms with van der Waals surface area (Å²) >= 11 is 0. The van der Waals surface area contributed by atoms with Crippen molar-refractivity contribution in [2.75, 3.05) is 4.90 Å². The van der Waals surface area contributed by atoms with E-state index in [1.165, 1.54) is 60.6 Å². The number of aromatic nitrogens is 1. The van der Waals surface area contributed by atoms with Gasteiger partial charge in [-0.3, -0.25) is 0 Å². The third-order valence-corrected chi connectivity index (χ3v) is 11.6. The normalized spacial score (nSPS) is 12.9. The third-order valence-electron chi connectivity index (χ3n) is 11.6. The molecule has 0 amide bonds. The Morgan fingerprint density at radius 3 is 1.86 bits per heavy atom. The summed E-state index contributed by atoms with van der Waals surface area (Å²) in [6, 6.07) is 72.5. The summed E-state index contributed by atoms with van der Waals surface area (Å²) in [7, 11) is 0. The Labute approximate surface area is 328 Å². The van der Waals surface area contributed by atoms with Crippen LogP contribution in [0.1, 0.15) is 33.5 Å². The van der Waals surface area contributed by atoms with Crippen molar-refractivity contribution in [3.8, 4) is 16.8 Å². The van der Waals surface area contributed by atoms with E-state index in [1.807, 2.05) is 0 Å². The average Bonchev–Trinajstić information content (AvgIpc) is 3.72. The minimum absolute atomic E-state index is 0.510. The van der Waals surface area contributed by atoms with Crippen molar-refractivity contribution >= 4 is 39.1 Å². The van der Waals surface area contributed by atoms with Crippen molar-refractivity contribution in [2.24, 2.45) is 0 Å². The van der Waals surface area contributed by atoms with Gasteiger partial charge in [0.15, 0.2) is 0 Å². The second-order valence-corrected chi connectivity index (χ2v) is 14.6.